The Labute approximate surface area is 115 Å². The number of nitrogens with zero attached hydrogens (tertiary/aromatic N) is 2. The molecule has 0 unspecified atom stereocenters. The maximum Gasteiger partial charge on any atom is 0.272 e. The van der Waals surface area contributed by atoms with Crippen molar-refractivity contribution in [2.75, 3.05) is 26.3 Å². The number of carbonyl (C=O) groups excluding carboxylic acids is 1. The number of morpholine rings is 1. The standard InChI is InChI=1S/C14H14FN3O2/c15-11-3-1-10(2-4-11)12-9-13(17-16-12)14(19)18-5-7-20-8-6-18/h1-4,9H,5-8H2,(H,16,17). The van der Waals surface area contributed by atoms with E-state index in [0.717, 1.165) is 5.56 Å². The van der Waals surface area contributed by atoms with E-state index in [1.165, 1.54) is 12.1 Å². The van der Waals surface area contributed by atoms with E-state index in [9.17, 15) is 9.18 Å². The Balaban J connectivity index is 1.79. The highest BCUT2D eigenvalue weighted by Gasteiger charge is 2.20. The molecule has 0 aliphatic carbocycles. The van der Waals surface area contributed by atoms with Crippen molar-refractivity contribution in [3.8, 4) is 11.3 Å². The lowest BCUT2D eigenvalue weighted by Gasteiger charge is -2.26. The van der Waals surface area contributed by atoms with Gasteiger partial charge >= 0.3 is 0 Å². The molecule has 6 heteroatoms. The highest BCUT2D eigenvalue weighted by Crippen LogP contribution is 2.18. The van der Waals surface area contributed by atoms with E-state index in [1.54, 1.807) is 23.1 Å². The van der Waals surface area contributed by atoms with Gasteiger partial charge in [0.2, 0.25) is 0 Å². The molecule has 1 aromatic carbocycles. The van der Waals surface area contributed by atoms with Crippen LogP contribution in [-0.4, -0.2) is 47.3 Å². The van der Waals surface area contributed by atoms with Crippen molar-refractivity contribution in [2.24, 2.45) is 0 Å². The van der Waals surface area contributed by atoms with E-state index in [4.69, 9.17) is 4.74 Å². The number of ether oxygens (including phenoxy) is 1. The van der Waals surface area contributed by atoms with Crippen LogP contribution in [0.25, 0.3) is 11.3 Å². The summed E-state index contributed by atoms with van der Waals surface area (Å²) in [4.78, 5) is 14.0. The predicted octanol–water partition coefficient (Wildman–Crippen LogP) is 1.69. The van der Waals surface area contributed by atoms with Gasteiger partial charge in [-0.25, -0.2) is 4.39 Å². The summed E-state index contributed by atoms with van der Waals surface area (Å²) in [6.07, 6.45) is 0. The summed E-state index contributed by atoms with van der Waals surface area (Å²) in [5, 5.41) is 6.85. The Morgan fingerprint density at radius 1 is 1.25 bits per heavy atom. The highest BCUT2D eigenvalue weighted by molar-refractivity contribution is 5.93. The van der Waals surface area contributed by atoms with Gasteiger partial charge in [0.25, 0.3) is 5.91 Å². The molecular weight excluding hydrogens is 261 g/mol. The first-order chi connectivity index (χ1) is 9.74. The van der Waals surface area contributed by atoms with Gasteiger partial charge in [-0.1, -0.05) is 0 Å². The number of benzene rings is 1. The van der Waals surface area contributed by atoms with Crippen molar-refractivity contribution >= 4 is 5.91 Å². The van der Waals surface area contributed by atoms with Gasteiger partial charge in [-0.05, 0) is 30.3 Å². The summed E-state index contributed by atoms with van der Waals surface area (Å²) < 4.78 is 18.1. The third-order valence-corrected chi connectivity index (χ3v) is 3.25. The summed E-state index contributed by atoms with van der Waals surface area (Å²) in [6, 6.07) is 7.69. The minimum atomic E-state index is -0.297. The quantitative estimate of drug-likeness (QED) is 0.907. The predicted molar refractivity (Wildman–Crippen MR) is 70.7 cm³/mol. The number of hydrogen-bond donors (Lipinski definition) is 1. The van der Waals surface area contributed by atoms with Crippen molar-refractivity contribution in [1.82, 2.24) is 15.1 Å². The first kappa shape index (κ1) is 12.8. The summed E-state index contributed by atoms with van der Waals surface area (Å²) in [6.45, 7) is 2.29. The Kier molecular flexibility index (Phi) is 3.47. The minimum Gasteiger partial charge on any atom is -0.378 e. The molecule has 0 saturated carbocycles. The third kappa shape index (κ3) is 2.55. The third-order valence-electron chi connectivity index (χ3n) is 3.25. The molecule has 1 N–H and O–H groups in total. The molecule has 0 radical (unpaired) electrons. The van der Waals surface area contributed by atoms with E-state index in [1.807, 2.05) is 0 Å². The fourth-order valence-electron chi connectivity index (χ4n) is 2.14. The molecule has 0 bridgehead atoms. The van der Waals surface area contributed by atoms with E-state index < -0.39 is 0 Å². The molecule has 2 heterocycles. The number of carbonyl (C=O) groups is 1. The minimum absolute atomic E-state index is 0.0887. The van der Waals surface area contributed by atoms with Crippen molar-refractivity contribution in [3.05, 3.63) is 41.8 Å². The maximum absolute atomic E-state index is 12.9. The van der Waals surface area contributed by atoms with Gasteiger partial charge in [-0.3, -0.25) is 9.89 Å². The van der Waals surface area contributed by atoms with Gasteiger partial charge in [0.15, 0.2) is 0 Å². The van der Waals surface area contributed by atoms with Gasteiger partial charge < -0.3 is 9.64 Å². The summed E-state index contributed by atoms with van der Waals surface area (Å²) >= 11 is 0. The van der Waals surface area contributed by atoms with Crippen LogP contribution in [0, 0.1) is 5.82 Å². The average Bonchev–Trinajstić information content (AvgIpc) is 2.98. The molecule has 1 fully saturated rings. The van der Waals surface area contributed by atoms with E-state index in [0.29, 0.717) is 37.7 Å². The summed E-state index contributed by atoms with van der Waals surface area (Å²) in [5.74, 6) is -0.386. The molecule has 1 aliphatic heterocycles. The van der Waals surface area contributed by atoms with Crippen LogP contribution < -0.4 is 0 Å². The molecule has 5 nitrogen and oxygen atoms in total. The van der Waals surface area contributed by atoms with Gasteiger partial charge in [0.1, 0.15) is 11.5 Å². The largest absolute Gasteiger partial charge is 0.378 e. The SMILES string of the molecule is O=C(c1cc(-c2ccc(F)cc2)n[nH]1)N1CCOCC1. The van der Waals surface area contributed by atoms with Crippen molar-refractivity contribution in [2.45, 2.75) is 0 Å². The van der Waals surface area contributed by atoms with Crippen LogP contribution in [0.4, 0.5) is 4.39 Å². The van der Waals surface area contributed by atoms with E-state index >= 15 is 0 Å². The fraction of sp³-hybridized carbons (Fsp3) is 0.286. The van der Waals surface area contributed by atoms with Crippen molar-refractivity contribution in [3.63, 3.8) is 0 Å². The molecule has 0 atom stereocenters. The monoisotopic (exact) mass is 275 g/mol. The number of H-pyrrole nitrogens is 1. The molecule has 1 aliphatic rings. The number of hydrogen-bond acceptors (Lipinski definition) is 3. The van der Waals surface area contributed by atoms with Gasteiger partial charge in [0, 0.05) is 18.7 Å². The van der Waals surface area contributed by atoms with Gasteiger partial charge in [0.05, 0.1) is 18.9 Å². The second kappa shape index (κ2) is 5.42. The Morgan fingerprint density at radius 3 is 2.65 bits per heavy atom. The normalized spacial score (nSPS) is 15.3. The lowest BCUT2D eigenvalue weighted by molar-refractivity contribution is 0.0299. The van der Waals surface area contributed by atoms with Gasteiger partial charge in [-0.15, -0.1) is 0 Å². The Bertz CT molecular complexity index is 603. The Hall–Kier alpha value is -2.21. The highest BCUT2D eigenvalue weighted by atomic mass is 19.1. The lowest BCUT2D eigenvalue weighted by Crippen LogP contribution is -2.40. The molecule has 3 rings (SSSR count). The number of aromatic nitrogens is 2. The van der Waals surface area contributed by atoms with E-state index in [2.05, 4.69) is 10.2 Å². The molecule has 2 aromatic rings. The van der Waals surface area contributed by atoms with Crippen LogP contribution in [0.1, 0.15) is 10.5 Å². The van der Waals surface area contributed by atoms with Crippen LogP contribution >= 0.6 is 0 Å². The van der Waals surface area contributed by atoms with Crippen LogP contribution in [-0.2, 0) is 4.74 Å². The molecule has 104 valence electrons. The summed E-state index contributed by atoms with van der Waals surface area (Å²) in [7, 11) is 0. The fourth-order valence-corrected chi connectivity index (χ4v) is 2.14. The molecule has 1 aromatic heterocycles. The molecular formula is C14H14FN3O2. The number of nitrogens with one attached hydrogen (secondary N) is 1. The lowest BCUT2D eigenvalue weighted by atomic mass is 10.1. The van der Waals surface area contributed by atoms with Crippen LogP contribution in [0.2, 0.25) is 0 Å². The molecule has 20 heavy (non-hydrogen) atoms. The van der Waals surface area contributed by atoms with Crippen LogP contribution in [0.15, 0.2) is 30.3 Å². The first-order valence-corrected chi connectivity index (χ1v) is 6.42. The number of halogens is 1. The zero-order valence-electron chi connectivity index (χ0n) is 10.8. The Morgan fingerprint density at radius 2 is 1.95 bits per heavy atom. The number of amides is 1. The van der Waals surface area contributed by atoms with Crippen molar-refractivity contribution in [1.29, 1.82) is 0 Å². The molecule has 1 saturated heterocycles. The van der Waals surface area contributed by atoms with Crippen LogP contribution in [0.3, 0.4) is 0 Å². The average molecular weight is 275 g/mol. The van der Waals surface area contributed by atoms with Crippen molar-refractivity contribution < 1.29 is 13.9 Å². The smallest absolute Gasteiger partial charge is 0.272 e. The second-order valence-electron chi connectivity index (χ2n) is 4.58. The van der Waals surface area contributed by atoms with Gasteiger partial charge in [-0.2, -0.15) is 5.10 Å². The zero-order valence-corrected chi connectivity index (χ0v) is 10.8. The maximum atomic E-state index is 12.9. The molecule has 0 spiro atoms. The number of aromatic amines is 1. The molecule has 1 amide bonds. The second-order valence-corrected chi connectivity index (χ2v) is 4.58. The topological polar surface area (TPSA) is 58.2 Å². The summed E-state index contributed by atoms with van der Waals surface area (Å²) in [5.41, 5.74) is 1.83. The van der Waals surface area contributed by atoms with Crippen LogP contribution in [0.5, 0.6) is 0 Å². The first-order valence-electron chi connectivity index (χ1n) is 6.42. The number of rotatable bonds is 2. The van der Waals surface area contributed by atoms with E-state index in [-0.39, 0.29) is 11.7 Å². The zero-order chi connectivity index (χ0) is 13.9.